The van der Waals surface area contributed by atoms with Crippen LogP contribution in [0.25, 0.3) is 0 Å². The number of nitrogens with one attached hydrogen (secondary N) is 1. The zero-order valence-corrected chi connectivity index (χ0v) is 16.4. The number of ether oxygens (including phenoxy) is 1. The van der Waals surface area contributed by atoms with Gasteiger partial charge < -0.3 is 4.74 Å². The summed E-state index contributed by atoms with van der Waals surface area (Å²) in [6, 6.07) is 15.8. The number of non-ortho nitro benzene ring substituents is 1. The number of esters is 1. The summed E-state index contributed by atoms with van der Waals surface area (Å²) in [5, 5.41) is 26.3. The molecule has 0 heterocycles. The van der Waals surface area contributed by atoms with E-state index in [0.717, 1.165) is 12.1 Å². The van der Waals surface area contributed by atoms with E-state index < -0.39 is 27.2 Å². The van der Waals surface area contributed by atoms with Crippen LogP contribution in [0, 0.1) is 20.2 Å². The van der Waals surface area contributed by atoms with Gasteiger partial charge in [-0.25, -0.2) is 4.79 Å². The number of rotatable bonds is 7. The summed E-state index contributed by atoms with van der Waals surface area (Å²) in [5.41, 5.74) is 2.58. The predicted molar refractivity (Wildman–Crippen MR) is 114 cm³/mol. The van der Waals surface area contributed by atoms with Crippen LogP contribution in [0.4, 0.5) is 17.1 Å². The quantitative estimate of drug-likeness (QED) is 0.183. The standard InChI is InChI=1S/C20H13ClN4O6/c21-15-5-3-14(4-6-15)20(26)31-17-8-1-13(2-9-17)12-22-23-18-10-7-16(24(27)28)11-19(18)25(29)30/h1-12,23H. The van der Waals surface area contributed by atoms with E-state index in [4.69, 9.17) is 16.3 Å². The van der Waals surface area contributed by atoms with Crippen LogP contribution in [0.1, 0.15) is 15.9 Å². The molecule has 31 heavy (non-hydrogen) atoms. The first-order valence-electron chi connectivity index (χ1n) is 8.63. The first-order chi connectivity index (χ1) is 14.8. The van der Waals surface area contributed by atoms with Gasteiger partial charge in [0.05, 0.1) is 27.7 Å². The Labute approximate surface area is 180 Å². The van der Waals surface area contributed by atoms with Crippen LogP contribution in [0.3, 0.4) is 0 Å². The number of nitrogens with zero attached hydrogens (tertiary/aromatic N) is 3. The summed E-state index contributed by atoms with van der Waals surface area (Å²) < 4.78 is 5.27. The molecule has 0 bridgehead atoms. The molecule has 3 aromatic rings. The van der Waals surface area contributed by atoms with Crippen molar-refractivity contribution < 1.29 is 19.4 Å². The highest BCUT2D eigenvalue weighted by Gasteiger charge is 2.19. The molecule has 1 N–H and O–H groups in total. The smallest absolute Gasteiger partial charge is 0.343 e. The molecular formula is C20H13ClN4O6. The van der Waals surface area contributed by atoms with Crippen LogP contribution in [-0.2, 0) is 0 Å². The molecule has 3 rings (SSSR count). The number of benzene rings is 3. The largest absolute Gasteiger partial charge is 0.423 e. The van der Waals surface area contributed by atoms with Crippen LogP contribution in [0.2, 0.25) is 5.02 Å². The van der Waals surface area contributed by atoms with Crippen LogP contribution < -0.4 is 10.2 Å². The van der Waals surface area contributed by atoms with Crippen molar-refractivity contribution >= 4 is 40.8 Å². The van der Waals surface area contributed by atoms with Crippen molar-refractivity contribution in [3.05, 3.63) is 103 Å². The van der Waals surface area contributed by atoms with Crippen molar-refractivity contribution in [1.29, 1.82) is 0 Å². The Morgan fingerprint density at radius 3 is 2.26 bits per heavy atom. The first-order valence-corrected chi connectivity index (χ1v) is 9.01. The van der Waals surface area contributed by atoms with E-state index in [9.17, 15) is 25.0 Å². The van der Waals surface area contributed by atoms with Gasteiger partial charge in [0, 0.05) is 11.1 Å². The van der Waals surface area contributed by atoms with Gasteiger partial charge in [-0.3, -0.25) is 25.7 Å². The first kappa shape index (κ1) is 21.4. The minimum absolute atomic E-state index is 0.000338. The number of hydrogen-bond donors (Lipinski definition) is 1. The highest BCUT2D eigenvalue weighted by atomic mass is 35.5. The molecule has 10 nitrogen and oxygen atoms in total. The average Bonchev–Trinajstić information content (AvgIpc) is 2.75. The molecule has 0 aliphatic carbocycles. The lowest BCUT2D eigenvalue weighted by molar-refractivity contribution is -0.393. The van der Waals surface area contributed by atoms with Gasteiger partial charge in [-0.15, -0.1) is 0 Å². The van der Waals surface area contributed by atoms with Crippen molar-refractivity contribution in [3.8, 4) is 5.75 Å². The third-order valence-electron chi connectivity index (χ3n) is 3.96. The molecule has 0 amide bonds. The summed E-state index contributed by atoms with van der Waals surface area (Å²) in [5.74, 6) is -0.221. The molecule has 0 spiro atoms. The highest BCUT2D eigenvalue weighted by molar-refractivity contribution is 6.30. The van der Waals surface area contributed by atoms with Crippen molar-refractivity contribution in [2.45, 2.75) is 0 Å². The number of nitro benzene ring substituents is 2. The third kappa shape index (κ3) is 5.61. The Morgan fingerprint density at radius 1 is 0.968 bits per heavy atom. The van der Waals surface area contributed by atoms with E-state index in [2.05, 4.69) is 10.5 Å². The SMILES string of the molecule is O=C(Oc1ccc(C=NNc2ccc([N+](=O)[O-])cc2[N+](=O)[O-])cc1)c1ccc(Cl)cc1. The number of hydrogen-bond acceptors (Lipinski definition) is 8. The minimum atomic E-state index is -0.741. The number of nitro groups is 2. The lowest BCUT2D eigenvalue weighted by Crippen LogP contribution is -2.08. The van der Waals surface area contributed by atoms with Gasteiger partial charge in [-0.2, -0.15) is 5.10 Å². The molecule has 0 fully saturated rings. The fourth-order valence-corrected chi connectivity index (χ4v) is 2.56. The number of hydrazone groups is 1. The van der Waals surface area contributed by atoms with E-state index in [-0.39, 0.29) is 5.69 Å². The Bertz CT molecular complexity index is 1160. The van der Waals surface area contributed by atoms with Crippen molar-refractivity contribution in [1.82, 2.24) is 0 Å². The second-order valence-electron chi connectivity index (χ2n) is 6.05. The van der Waals surface area contributed by atoms with E-state index in [1.54, 1.807) is 48.5 Å². The number of halogens is 1. The van der Waals surface area contributed by atoms with Gasteiger partial charge in [0.1, 0.15) is 11.4 Å². The Morgan fingerprint density at radius 2 is 1.65 bits per heavy atom. The van der Waals surface area contributed by atoms with Gasteiger partial charge in [0.2, 0.25) is 0 Å². The van der Waals surface area contributed by atoms with Crippen molar-refractivity contribution in [2.24, 2.45) is 5.10 Å². The van der Waals surface area contributed by atoms with Gasteiger partial charge in [-0.05, 0) is 60.2 Å². The van der Waals surface area contributed by atoms with Gasteiger partial charge >= 0.3 is 11.7 Å². The number of anilines is 1. The molecular weight excluding hydrogens is 428 g/mol. The van der Waals surface area contributed by atoms with Crippen molar-refractivity contribution in [3.63, 3.8) is 0 Å². The predicted octanol–water partition coefficient (Wildman–Crippen LogP) is 4.82. The number of carbonyl (C=O) groups is 1. The van der Waals surface area contributed by atoms with Gasteiger partial charge in [0.15, 0.2) is 0 Å². The Balaban J connectivity index is 1.65. The fraction of sp³-hybridized carbons (Fsp3) is 0. The van der Waals surface area contributed by atoms with E-state index in [1.807, 2.05) is 0 Å². The van der Waals surface area contributed by atoms with Crippen LogP contribution >= 0.6 is 11.6 Å². The normalized spacial score (nSPS) is 10.6. The number of carbonyl (C=O) groups excluding carboxylic acids is 1. The van der Waals surface area contributed by atoms with Gasteiger partial charge in [0.25, 0.3) is 5.69 Å². The second kappa shape index (κ2) is 9.46. The molecule has 0 saturated heterocycles. The molecule has 156 valence electrons. The van der Waals surface area contributed by atoms with Crippen LogP contribution in [0.5, 0.6) is 5.75 Å². The molecule has 0 atom stereocenters. The van der Waals surface area contributed by atoms with E-state index >= 15 is 0 Å². The fourth-order valence-electron chi connectivity index (χ4n) is 2.43. The highest BCUT2D eigenvalue weighted by Crippen LogP contribution is 2.28. The van der Waals surface area contributed by atoms with E-state index in [0.29, 0.717) is 21.9 Å². The van der Waals surface area contributed by atoms with Crippen LogP contribution in [-0.4, -0.2) is 22.0 Å². The summed E-state index contributed by atoms with van der Waals surface area (Å²) >= 11 is 5.79. The van der Waals surface area contributed by atoms with Gasteiger partial charge in [-0.1, -0.05) is 11.6 Å². The summed E-state index contributed by atoms with van der Waals surface area (Å²) in [6.45, 7) is 0. The van der Waals surface area contributed by atoms with E-state index in [1.165, 1.54) is 12.3 Å². The monoisotopic (exact) mass is 440 g/mol. The molecule has 3 aromatic carbocycles. The molecule has 0 aliphatic rings. The molecule has 0 unspecified atom stereocenters. The van der Waals surface area contributed by atoms with Crippen molar-refractivity contribution in [2.75, 3.05) is 5.43 Å². The average molecular weight is 441 g/mol. The molecule has 11 heteroatoms. The van der Waals surface area contributed by atoms with Crippen LogP contribution in [0.15, 0.2) is 71.8 Å². The summed E-state index contributed by atoms with van der Waals surface area (Å²) in [4.78, 5) is 32.5. The Kier molecular flexibility index (Phi) is 6.53. The second-order valence-corrected chi connectivity index (χ2v) is 6.49. The maximum atomic E-state index is 12.1. The minimum Gasteiger partial charge on any atom is -0.423 e. The topological polar surface area (TPSA) is 137 Å². The molecule has 0 aromatic heterocycles. The summed E-state index contributed by atoms with van der Waals surface area (Å²) in [7, 11) is 0. The lowest BCUT2D eigenvalue weighted by atomic mass is 10.2. The molecule has 0 saturated carbocycles. The maximum absolute atomic E-state index is 12.1. The Hall–Kier alpha value is -4.31. The zero-order chi connectivity index (χ0) is 22.4. The lowest BCUT2D eigenvalue weighted by Gasteiger charge is -2.05. The molecule has 0 radical (unpaired) electrons. The summed E-state index contributed by atoms with van der Waals surface area (Å²) in [6.07, 6.45) is 1.38. The zero-order valence-electron chi connectivity index (χ0n) is 15.6. The molecule has 0 aliphatic heterocycles. The third-order valence-corrected chi connectivity index (χ3v) is 4.21. The maximum Gasteiger partial charge on any atom is 0.343 e.